The normalized spacial score (nSPS) is 11.4. The van der Waals surface area contributed by atoms with Crippen molar-refractivity contribution in [2.45, 2.75) is 0 Å². The van der Waals surface area contributed by atoms with Crippen molar-refractivity contribution in [2.75, 3.05) is 32.8 Å². The monoisotopic (exact) mass is 480 g/mol. The second-order valence-electron chi connectivity index (χ2n) is 7.71. The highest BCUT2D eigenvalue weighted by Gasteiger charge is 2.14. The highest BCUT2D eigenvalue weighted by atomic mass is 32.2. The Labute approximate surface area is 197 Å². The maximum Gasteiger partial charge on any atom is 0.251 e. The molecule has 8 nitrogen and oxygen atoms in total. The maximum atomic E-state index is 12.6. The van der Waals surface area contributed by atoms with Crippen molar-refractivity contribution in [3.8, 4) is 23.0 Å². The molecule has 1 heterocycles. The molecule has 0 aliphatic carbocycles. The predicted octanol–water partition coefficient (Wildman–Crippen LogP) is 3.97. The van der Waals surface area contributed by atoms with Crippen LogP contribution < -0.4 is 19.5 Å². The van der Waals surface area contributed by atoms with Crippen molar-refractivity contribution in [3.63, 3.8) is 0 Å². The number of aromatic nitrogens is 1. The highest BCUT2D eigenvalue weighted by Crippen LogP contribution is 2.37. The Balaban J connectivity index is 1.63. The third kappa shape index (κ3) is 5.04. The Hall–Kier alpha value is -3.85. The molecule has 0 bridgehead atoms. The first-order valence-corrected chi connectivity index (χ1v) is 12.5. The number of carbonyl (C=O) groups is 1. The molecule has 1 N–H and O–H groups in total. The van der Waals surface area contributed by atoms with Gasteiger partial charge in [0.15, 0.2) is 11.5 Å². The number of carbonyl (C=O) groups excluding carboxylic acids is 1. The van der Waals surface area contributed by atoms with E-state index in [1.807, 2.05) is 24.3 Å². The number of hydrogen-bond donors (Lipinski definition) is 1. The molecule has 4 aromatic rings. The number of fused-ring (bicyclic) bond motifs is 2. The van der Waals surface area contributed by atoms with E-state index in [0.717, 1.165) is 22.4 Å². The van der Waals surface area contributed by atoms with Gasteiger partial charge in [-0.3, -0.25) is 9.78 Å². The van der Waals surface area contributed by atoms with Crippen LogP contribution >= 0.6 is 0 Å². The Morgan fingerprint density at radius 2 is 1.71 bits per heavy atom. The third-order valence-corrected chi connectivity index (χ3v) is 6.24. The molecule has 0 aliphatic heterocycles. The fourth-order valence-corrected chi connectivity index (χ4v) is 4.10. The first-order chi connectivity index (χ1) is 16.3. The Morgan fingerprint density at radius 1 is 0.941 bits per heavy atom. The maximum absolute atomic E-state index is 12.6. The zero-order valence-corrected chi connectivity index (χ0v) is 19.8. The third-order valence-electron chi connectivity index (χ3n) is 5.29. The molecular formula is C25H24N2O6S. The van der Waals surface area contributed by atoms with Crippen molar-refractivity contribution in [3.05, 3.63) is 66.4 Å². The van der Waals surface area contributed by atoms with E-state index in [-0.39, 0.29) is 18.2 Å². The van der Waals surface area contributed by atoms with Gasteiger partial charge in [-0.05, 0) is 47.2 Å². The number of rotatable bonds is 8. The first-order valence-electron chi connectivity index (χ1n) is 10.5. The Bertz CT molecular complexity index is 1480. The molecule has 0 radical (unpaired) electrons. The summed E-state index contributed by atoms with van der Waals surface area (Å²) in [5, 5.41) is 4.97. The summed E-state index contributed by atoms with van der Waals surface area (Å²) in [7, 11) is -0.0175. The summed E-state index contributed by atoms with van der Waals surface area (Å²) in [5.74, 6) is 1.89. The van der Waals surface area contributed by atoms with Gasteiger partial charge in [-0.15, -0.1) is 0 Å². The minimum atomic E-state index is -3.15. The van der Waals surface area contributed by atoms with Crippen molar-refractivity contribution < 1.29 is 27.4 Å². The molecule has 34 heavy (non-hydrogen) atoms. The number of amides is 1. The summed E-state index contributed by atoms with van der Waals surface area (Å²) in [6, 6.07) is 16.2. The van der Waals surface area contributed by atoms with Gasteiger partial charge < -0.3 is 19.5 Å². The molecule has 0 saturated carbocycles. The van der Waals surface area contributed by atoms with Crippen molar-refractivity contribution in [1.82, 2.24) is 10.3 Å². The molecule has 0 atom stereocenters. The van der Waals surface area contributed by atoms with Crippen molar-refractivity contribution in [1.29, 1.82) is 0 Å². The van der Waals surface area contributed by atoms with Crippen LogP contribution in [-0.4, -0.2) is 52.1 Å². The topological polar surface area (TPSA) is 104 Å². The smallest absolute Gasteiger partial charge is 0.251 e. The van der Waals surface area contributed by atoms with Crippen LogP contribution in [0.3, 0.4) is 0 Å². The minimum Gasteiger partial charge on any atom is -0.493 e. The fraction of sp³-hybridized carbons (Fsp3) is 0.200. The Morgan fingerprint density at radius 3 is 2.44 bits per heavy atom. The van der Waals surface area contributed by atoms with E-state index in [4.69, 9.17) is 14.2 Å². The van der Waals surface area contributed by atoms with Gasteiger partial charge in [0.2, 0.25) is 0 Å². The van der Waals surface area contributed by atoms with Crippen LogP contribution in [0, 0.1) is 0 Å². The molecule has 0 saturated heterocycles. The summed E-state index contributed by atoms with van der Waals surface area (Å²) in [4.78, 5) is 17.0. The van der Waals surface area contributed by atoms with E-state index in [1.54, 1.807) is 50.7 Å². The molecule has 0 unspecified atom stereocenters. The zero-order chi connectivity index (χ0) is 24.3. The number of methoxy groups -OCH3 is 2. The number of benzene rings is 3. The number of nitrogens with one attached hydrogen (secondary N) is 1. The van der Waals surface area contributed by atoms with Crippen LogP contribution in [0.15, 0.2) is 60.8 Å². The second-order valence-corrected chi connectivity index (χ2v) is 9.97. The molecule has 1 aromatic heterocycles. The summed E-state index contributed by atoms with van der Waals surface area (Å²) in [6.07, 6.45) is 2.79. The van der Waals surface area contributed by atoms with Gasteiger partial charge in [0, 0.05) is 36.0 Å². The molecule has 3 aromatic carbocycles. The number of nitrogens with zero attached hydrogens (tertiary/aromatic N) is 1. The average molecular weight is 481 g/mol. The summed E-state index contributed by atoms with van der Waals surface area (Å²) in [6.45, 7) is 0.0542. The Kier molecular flexibility index (Phi) is 6.56. The van der Waals surface area contributed by atoms with Gasteiger partial charge in [0.1, 0.15) is 21.3 Å². The van der Waals surface area contributed by atoms with E-state index >= 15 is 0 Å². The van der Waals surface area contributed by atoms with E-state index in [0.29, 0.717) is 34.1 Å². The number of pyridine rings is 1. The van der Waals surface area contributed by atoms with Crippen molar-refractivity contribution >= 4 is 37.4 Å². The lowest BCUT2D eigenvalue weighted by atomic mass is 10.0. The van der Waals surface area contributed by atoms with Crippen molar-refractivity contribution in [2.24, 2.45) is 0 Å². The fourth-order valence-electron chi connectivity index (χ4n) is 3.63. The van der Waals surface area contributed by atoms with E-state index in [2.05, 4.69) is 10.3 Å². The number of sulfone groups is 1. The molecule has 0 aliphatic rings. The standard InChI is InChI=1S/C25H24N2O6S/c1-31-23-14-20-21(15-24(23)32-2)26-10-9-22(20)33-17-7-8-18-16(13-17)5-4-6-19(18)25(28)27-11-12-34(3,29)30/h4-10,13-15H,11-12H2,1-3H3,(H,27,28). The molecular weight excluding hydrogens is 456 g/mol. The lowest BCUT2D eigenvalue weighted by Gasteiger charge is -2.13. The molecule has 1 amide bonds. The summed E-state index contributed by atoms with van der Waals surface area (Å²) < 4.78 is 39.6. The highest BCUT2D eigenvalue weighted by molar-refractivity contribution is 7.90. The molecule has 4 rings (SSSR count). The average Bonchev–Trinajstić information content (AvgIpc) is 2.82. The second kappa shape index (κ2) is 9.56. The van der Waals surface area contributed by atoms with Crippen LogP contribution in [0.4, 0.5) is 0 Å². The van der Waals surface area contributed by atoms with E-state index in [1.165, 1.54) is 0 Å². The van der Waals surface area contributed by atoms with Crippen LogP contribution in [-0.2, 0) is 9.84 Å². The quantitative estimate of drug-likeness (QED) is 0.407. The van der Waals surface area contributed by atoms with Gasteiger partial charge in [0.25, 0.3) is 5.91 Å². The van der Waals surface area contributed by atoms with Gasteiger partial charge in [-0.25, -0.2) is 8.42 Å². The molecule has 9 heteroatoms. The van der Waals surface area contributed by atoms with Crippen LogP contribution in [0.5, 0.6) is 23.0 Å². The van der Waals surface area contributed by atoms with Gasteiger partial charge in [-0.2, -0.15) is 0 Å². The number of hydrogen-bond acceptors (Lipinski definition) is 7. The largest absolute Gasteiger partial charge is 0.493 e. The van der Waals surface area contributed by atoms with Gasteiger partial charge in [-0.1, -0.05) is 12.1 Å². The van der Waals surface area contributed by atoms with Crippen LogP contribution in [0.25, 0.3) is 21.7 Å². The lowest BCUT2D eigenvalue weighted by Crippen LogP contribution is -2.28. The van der Waals surface area contributed by atoms with Gasteiger partial charge in [0.05, 0.1) is 25.5 Å². The van der Waals surface area contributed by atoms with E-state index in [9.17, 15) is 13.2 Å². The lowest BCUT2D eigenvalue weighted by molar-refractivity contribution is 0.0958. The van der Waals surface area contributed by atoms with Crippen LogP contribution in [0.1, 0.15) is 10.4 Å². The first kappa shape index (κ1) is 23.3. The number of ether oxygens (including phenoxy) is 3. The van der Waals surface area contributed by atoms with Crippen LogP contribution in [0.2, 0.25) is 0 Å². The van der Waals surface area contributed by atoms with Gasteiger partial charge >= 0.3 is 0 Å². The SMILES string of the molecule is COc1cc2nccc(Oc3ccc4c(C(=O)NCCS(C)(=O)=O)cccc4c3)c2cc1OC. The predicted molar refractivity (Wildman–Crippen MR) is 131 cm³/mol. The summed E-state index contributed by atoms with van der Waals surface area (Å²) >= 11 is 0. The molecule has 0 spiro atoms. The molecule has 176 valence electrons. The van der Waals surface area contributed by atoms with E-state index < -0.39 is 9.84 Å². The summed E-state index contributed by atoms with van der Waals surface area (Å²) in [5.41, 5.74) is 1.16. The zero-order valence-electron chi connectivity index (χ0n) is 19.0. The molecule has 0 fully saturated rings. The minimum absolute atomic E-state index is 0.0542.